The highest BCUT2D eigenvalue weighted by Crippen LogP contribution is 2.29. The average Bonchev–Trinajstić information content (AvgIpc) is 2.88. The van der Waals surface area contributed by atoms with Gasteiger partial charge in [0.05, 0.1) is 10.6 Å². The number of fused-ring (bicyclic) bond motifs is 1. The molecule has 0 atom stereocenters. The van der Waals surface area contributed by atoms with Crippen molar-refractivity contribution in [2.75, 3.05) is 12.4 Å². The number of anilines is 1. The molecule has 140 valence electrons. The lowest BCUT2D eigenvalue weighted by atomic mass is 10.1. The van der Waals surface area contributed by atoms with E-state index in [0.29, 0.717) is 18.0 Å². The summed E-state index contributed by atoms with van der Waals surface area (Å²) in [6.45, 7) is 0. The fourth-order valence-corrected chi connectivity index (χ4v) is 4.77. The molecule has 6 nitrogen and oxygen atoms in total. The van der Waals surface area contributed by atoms with Crippen LogP contribution in [0.15, 0.2) is 29.2 Å². The molecule has 2 N–H and O–H groups in total. The molecule has 0 fully saturated rings. The van der Waals surface area contributed by atoms with E-state index in [9.17, 15) is 13.2 Å². The second kappa shape index (κ2) is 8.28. The molecule has 26 heavy (non-hydrogen) atoms. The van der Waals surface area contributed by atoms with Crippen molar-refractivity contribution in [3.8, 4) is 0 Å². The zero-order valence-electron chi connectivity index (χ0n) is 14.7. The van der Waals surface area contributed by atoms with Gasteiger partial charge < -0.3 is 5.32 Å². The van der Waals surface area contributed by atoms with Crippen LogP contribution in [0.2, 0.25) is 0 Å². The van der Waals surface area contributed by atoms with Crippen molar-refractivity contribution in [2.24, 2.45) is 0 Å². The maximum Gasteiger partial charge on any atom is 0.240 e. The highest BCUT2D eigenvalue weighted by atomic mass is 32.2. The minimum absolute atomic E-state index is 0.0687. The van der Waals surface area contributed by atoms with Crippen molar-refractivity contribution in [1.29, 1.82) is 0 Å². The maximum atomic E-state index is 12.2. The SMILES string of the molecule is CNS(=O)(=O)c1ccc(CCC(=O)Nc2nc3c(s2)CCCCC3)cc1. The molecule has 0 saturated carbocycles. The first-order valence-electron chi connectivity index (χ1n) is 8.79. The molecule has 1 aromatic heterocycles. The van der Waals surface area contributed by atoms with E-state index in [1.807, 2.05) is 0 Å². The monoisotopic (exact) mass is 393 g/mol. The third kappa shape index (κ3) is 4.69. The number of hydrogen-bond acceptors (Lipinski definition) is 5. The summed E-state index contributed by atoms with van der Waals surface area (Å²) >= 11 is 1.59. The molecule has 1 aliphatic carbocycles. The number of nitrogens with zero attached hydrogens (tertiary/aromatic N) is 1. The van der Waals surface area contributed by atoms with Gasteiger partial charge in [-0.1, -0.05) is 18.6 Å². The van der Waals surface area contributed by atoms with Gasteiger partial charge in [0.15, 0.2) is 5.13 Å². The molecule has 1 amide bonds. The molecule has 1 heterocycles. The topological polar surface area (TPSA) is 88.2 Å². The first-order chi connectivity index (χ1) is 12.5. The molecule has 8 heteroatoms. The summed E-state index contributed by atoms with van der Waals surface area (Å²) in [6, 6.07) is 6.58. The van der Waals surface area contributed by atoms with E-state index >= 15 is 0 Å². The Morgan fingerprint density at radius 2 is 1.88 bits per heavy atom. The third-order valence-electron chi connectivity index (χ3n) is 4.49. The summed E-state index contributed by atoms with van der Waals surface area (Å²) in [7, 11) is -2.05. The van der Waals surface area contributed by atoms with Crippen molar-refractivity contribution in [1.82, 2.24) is 9.71 Å². The van der Waals surface area contributed by atoms with Crippen molar-refractivity contribution in [3.63, 3.8) is 0 Å². The van der Waals surface area contributed by atoms with Crippen LogP contribution in [0.25, 0.3) is 0 Å². The molecule has 3 rings (SSSR count). The normalized spacial score (nSPS) is 14.5. The number of carbonyl (C=O) groups is 1. The van der Waals surface area contributed by atoms with Gasteiger partial charge in [-0.15, -0.1) is 11.3 Å². The Bertz CT molecular complexity index is 850. The quantitative estimate of drug-likeness (QED) is 0.739. The molecule has 0 saturated heterocycles. The maximum absolute atomic E-state index is 12.2. The second-order valence-corrected chi connectivity index (χ2v) is 9.32. The van der Waals surface area contributed by atoms with Crippen LogP contribution in [0, 0.1) is 0 Å². The average molecular weight is 394 g/mol. The van der Waals surface area contributed by atoms with Crippen LogP contribution in [0.3, 0.4) is 0 Å². The van der Waals surface area contributed by atoms with Gasteiger partial charge >= 0.3 is 0 Å². The fourth-order valence-electron chi connectivity index (χ4n) is 2.97. The van der Waals surface area contributed by atoms with Gasteiger partial charge in [0.2, 0.25) is 15.9 Å². The Hall–Kier alpha value is -1.77. The molecule has 0 unspecified atom stereocenters. The van der Waals surface area contributed by atoms with Crippen molar-refractivity contribution in [3.05, 3.63) is 40.4 Å². The first kappa shape index (κ1) is 19.0. The summed E-state index contributed by atoms with van der Waals surface area (Å²) < 4.78 is 25.7. The summed E-state index contributed by atoms with van der Waals surface area (Å²) in [5.74, 6) is -0.0687. The second-order valence-electron chi connectivity index (χ2n) is 6.35. The van der Waals surface area contributed by atoms with Crippen molar-refractivity contribution < 1.29 is 13.2 Å². The van der Waals surface area contributed by atoms with E-state index < -0.39 is 10.0 Å². The predicted octanol–water partition coefficient (Wildman–Crippen LogP) is 2.89. The predicted molar refractivity (Wildman–Crippen MR) is 103 cm³/mol. The Balaban J connectivity index is 1.54. The highest BCUT2D eigenvalue weighted by molar-refractivity contribution is 7.89. The van der Waals surface area contributed by atoms with E-state index in [4.69, 9.17) is 0 Å². The van der Waals surface area contributed by atoms with Gasteiger partial charge in [0.25, 0.3) is 0 Å². The minimum Gasteiger partial charge on any atom is -0.302 e. The number of rotatable bonds is 6. The van der Waals surface area contributed by atoms with E-state index in [2.05, 4.69) is 15.0 Å². The summed E-state index contributed by atoms with van der Waals surface area (Å²) in [5, 5.41) is 3.59. The van der Waals surface area contributed by atoms with Crippen LogP contribution in [-0.2, 0) is 34.1 Å². The van der Waals surface area contributed by atoms with Gasteiger partial charge in [-0.3, -0.25) is 4.79 Å². The lowest BCUT2D eigenvalue weighted by molar-refractivity contribution is -0.116. The number of thiazole rings is 1. The van der Waals surface area contributed by atoms with Crippen LogP contribution < -0.4 is 10.0 Å². The van der Waals surface area contributed by atoms with Gasteiger partial charge in [0.1, 0.15) is 0 Å². The van der Waals surface area contributed by atoms with Crippen molar-refractivity contribution >= 4 is 32.4 Å². The molecule has 1 aliphatic rings. The first-order valence-corrected chi connectivity index (χ1v) is 11.1. The number of hydrogen-bond donors (Lipinski definition) is 2. The number of aromatic nitrogens is 1. The Labute approximate surface area is 158 Å². The van der Waals surface area contributed by atoms with Gasteiger partial charge in [-0.05, 0) is 56.8 Å². The van der Waals surface area contributed by atoms with Crippen LogP contribution in [-0.4, -0.2) is 26.4 Å². The Morgan fingerprint density at radius 1 is 1.15 bits per heavy atom. The van der Waals surface area contributed by atoms with Crippen molar-refractivity contribution in [2.45, 2.75) is 49.8 Å². The van der Waals surface area contributed by atoms with Crippen LogP contribution in [0.4, 0.5) is 5.13 Å². The molecular weight excluding hydrogens is 370 g/mol. The van der Waals surface area contributed by atoms with Gasteiger partial charge in [-0.2, -0.15) is 0 Å². The highest BCUT2D eigenvalue weighted by Gasteiger charge is 2.15. The summed E-state index contributed by atoms with van der Waals surface area (Å²) in [4.78, 5) is 18.3. The number of aryl methyl sites for hydroxylation is 3. The van der Waals surface area contributed by atoms with Crippen LogP contribution in [0.1, 0.15) is 41.8 Å². The molecule has 1 aromatic carbocycles. The number of carbonyl (C=O) groups excluding carboxylic acids is 1. The molecule has 2 aromatic rings. The lowest BCUT2D eigenvalue weighted by Crippen LogP contribution is -2.18. The lowest BCUT2D eigenvalue weighted by Gasteiger charge is -2.05. The summed E-state index contributed by atoms with van der Waals surface area (Å²) in [5.41, 5.74) is 2.06. The van der Waals surface area contributed by atoms with E-state index in [-0.39, 0.29) is 10.8 Å². The zero-order valence-corrected chi connectivity index (χ0v) is 16.4. The van der Waals surface area contributed by atoms with Crippen LogP contribution in [0.5, 0.6) is 0 Å². The number of nitrogens with one attached hydrogen (secondary N) is 2. The molecule has 0 spiro atoms. The molecule has 0 bridgehead atoms. The smallest absolute Gasteiger partial charge is 0.240 e. The zero-order chi connectivity index (χ0) is 18.6. The standard InChI is InChI=1S/C18H23N3O3S2/c1-19-26(23,24)14-10-7-13(8-11-14)9-12-17(22)21-18-20-15-5-3-2-4-6-16(15)25-18/h7-8,10-11,19H,2-6,9,12H2,1H3,(H,20,21,22). The largest absolute Gasteiger partial charge is 0.302 e. The third-order valence-corrected chi connectivity index (χ3v) is 6.99. The van der Waals surface area contributed by atoms with Gasteiger partial charge in [-0.25, -0.2) is 18.1 Å². The number of sulfonamides is 1. The summed E-state index contributed by atoms with van der Waals surface area (Å²) in [6.07, 6.45) is 6.57. The Morgan fingerprint density at radius 3 is 2.62 bits per heavy atom. The van der Waals surface area contributed by atoms with E-state index in [1.165, 1.54) is 31.2 Å². The molecule has 0 radical (unpaired) electrons. The van der Waals surface area contributed by atoms with Crippen LogP contribution >= 0.6 is 11.3 Å². The Kier molecular flexibility index (Phi) is 6.05. The minimum atomic E-state index is -3.43. The van der Waals surface area contributed by atoms with Gasteiger partial charge in [0, 0.05) is 11.3 Å². The van der Waals surface area contributed by atoms with E-state index in [1.54, 1.807) is 35.6 Å². The van der Waals surface area contributed by atoms with E-state index in [0.717, 1.165) is 24.1 Å². The molecule has 0 aliphatic heterocycles. The number of amides is 1. The number of benzene rings is 1. The fraction of sp³-hybridized carbons (Fsp3) is 0.444. The molecular formula is C18H23N3O3S2.